The summed E-state index contributed by atoms with van der Waals surface area (Å²) < 4.78 is 40.9. The van der Waals surface area contributed by atoms with Gasteiger partial charge in [0, 0.05) is 29.6 Å². The van der Waals surface area contributed by atoms with Crippen LogP contribution in [0.3, 0.4) is 0 Å². The third kappa shape index (κ3) is 8.64. The number of anilines is 1. The summed E-state index contributed by atoms with van der Waals surface area (Å²) in [4.78, 5) is 30.1. The molecule has 1 aliphatic rings. The summed E-state index contributed by atoms with van der Waals surface area (Å²) in [6.45, 7) is 5.73. The molecule has 1 aliphatic heterocycles. The third-order valence-electron chi connectivity index (χ3n) is 7.46. The molecule has 9 nitrogen and oxygen atoms in total. The minimum atomic E-state index is -4.25. The molecule has 0 bridgehead atoms. The van der Waals surface area contributed by atoms with Crippen LogP contribution in [0.1, 0.15) is 31.9 Å². The minimum absolute atomic E-state index is 0.0123. The molecule has 0 saturated heterocycles. The summed E-state index contributed by atoms with van der Waals surface area (Å²) in [6, 6.07) is 28.1. The second-order valence-corrected chi connectivity index (χ2v) is 14.5. The molecule has 246 valence electrons. The highest BCUT2D eigenvalue weighted by molar-refractivity contribution is 7.92. The van der Waals surface area contributed by atoms with Crippen LogP contribution in [0, 0.1) is 0 Å². The molecular weight excluding hydrogens is 638 g/mol. The topological polar surface area (TPSA) is 105 Å². The van der Waals surface area contributed by atoms with Crippen molar-refractivity contribution in [2.75, 3.05) is 24.1 Å². The molecule has 0 saturated carbocycles. The average molecular weight is 676 g/mol. The summed E-state index contributed by atoms with van der Waals surface area (Å²) in [5.41, 5.74) is 1.20. The van der Waals surface area contributed by atoms with Crippen LogP contribution in [-0.2, 0) is 32.6 Å². The summed E-state index contributed by atoms with van der Waals surface area (Å²) in [5, 5.41) is 3.55. The van der Waals surface area contributed by atoms with Crippen molar-refractivity contribution in [3.8, 4) is 11.5 Å². The molecule has 5 rings (SSSR count). The lowest BCUT2D eigenvalue weighted by molar-refractivity contribution is -0.140. The molecule has 0 spiro atoms. The van der Waals surface area contributed by atoms with E-state index >= 15 is 0 Å². The number of amides is 2. The van der Waals surface area contributed by atoms with Gasteiger partial charge >= 0.3 is 0 Å². The van der Waals surface area contributed by atoms with Crippen LogP contribution in [0.25, 0.3) is 0 Å². The zero-order chi connectivity index (χ0) is 33.6. The standard InChI is InChI=1S/C36H38ClN3O6S/c1-36(2,3)38-35(42)31(22-26-10-6-4-7-11-26)39(24-27-14-16-28(37)17-15-27)34(41)25-40(47(43,44)30-12-8-5-9-13-30)29-18-19-32-33(23-29)46-21-20-45-32/h4-19,23,31H,20-22,24-25H2,1-3H3,(H,38,42)/t31-/m0/s1. The first-order valence-corrected chi connectivity index (χ1v) is 17.1. The number of nitrogens with zero attached hydrogens (tertiary/aromatic N) is 2. The minimum Gasteiger partial charge on any atom is -0.486 e. The van der Waals surface area contributed by atoms with Crippen LogP contribution in [0.2, 0.25) is 5.02 Å². The van der Waals surface area contributed by atoms with Crippen molar-refractivity contribution in [3.63, 3.8) is 0 Å². The maximum absolute atomic E-state index is 14.6. The van der Waals surface area contributed by atoms with Gasteiger partial charge in [-0.25, -0.2) is 8.42 Å². The third-order valence-corrected chi connectivity index (χ3v) is 9.50. The maximum Gasteiger partial charge on any atom is 0.264 e. The smallest absolute Gasteiger partial charge is 0.264 e. The lowest BCUT2D eigenvalue weighted by Gasteiger charge is -2.35. The second kappa shape index (κ2) is 14.5. The molecule has 0 unspecified atom stereocenters. The molecule has 2 amide bonds. The summed E-state index contributed by atoms with van der Waals surface area (Å²) in [5.74, 6) is -0.0756. The lowest BCUT2D eigenvalue weighted by Crippen LogP contribution is -2.56. The monoisotopic (exact) mass is 675 g/mol. The van der Waals surface area contributed by atoms with Gasteiger partial charge in [0.15, 0.2) is 11.5 Å². The van der Waals surface area contributed by atoms with Gasteiger partial charge in [-0.1, -0.05) is 72.3 Å². The van der Waals surface area contributed by atoms with Crippen molar-refractivity contribution >= 4 is 39.1 Å². The van der Waals surface area contributed by atoms with Crippen LogP contribution < -0.4 is 19.1 Å². The Balaban J connectivity index is 1.59. The normalized spacial score (nSPS) is 13.4. The first kappa shape index (κ1) is 33.8. The summed E-state index contributed by atoms with van der Waals surface area (Å²) in [7, 11) is -4.25. The van der Waals surface area contributed by atoms with Gasteiger partial charge in [-0.05, 0) is 68.3 Å². The fraction of sp³-hybridized carbons (Fsp3) is 0.278. The molecule has 0 aliphatic carbocycles. The van der Waals surface area contributed by atoms with Gasteiger partial charge in [-0.3, -0.25) is 13.9 Å². The highest BCUT2D eigenvalue weighted by Crippen LogP contribution is 2.36. The van der Waals surface area contributed by atoms with Crippen molar-refractivity contribution in [2.24, 2.45) is 0 Å². The maximum atomic E-state index is 14.6. The fourth-order valence-corrected chi connectivity index (χ4v) is 6.78. The van der Waals surface area contributed by atoms with Crippen molar-refractivity contribution in [2.45, 2.75) is 50.2 Å². The van der Waals surface area contributed by atoms with Crippen LogP contribution in [0.4, 0.5) is 5.69 Å². The van der Waals surface area contributed by atoms with Crippen LogP contribution >= 0.6 is 11.6 Å². The Morgan fingerprint density at radius 3 is 2.09 bits per heavy atom. The van der Waals surface area contributed by atoms with Crippen LogP contribution in [-0.4, -0.2) is 56.5 Å². The highest BCUT2D eigenvalue weighted by atomic mass is 35.5. The summed E-state index contributed by atoms with van der Waals surface area (Å²) >= 11 is 6.16. The number of carbonyl (C=O) groups is 2. The Labute approximate surface area is 281 Å². The Morgan fingerprint density at radius 1 is 0.830 bits per heavy atom. The molecule has 0 aromatic heterocycles. The average Bonchev–Trinajstić information content (AvgIpc) is 3.05. The fourth-order valence-electron chi connectivity index (χ4n) is 5.23. The molecule has 0 fully saturated rings. The number of hydrogen-bond donors (Lipinski definition) is 1. The van der Waals surface area contributed by atoms with Gasteiger partial charge in [0.1, 0.15) is 25.8 Å². The van der Waals surface area contributed by atoms with E-state index in [1.54, 1.807) is 60.7 Å². The van der Waals surface area contributed by atoms with E-state index in [0.29, 0.717) is 29.7 Å². The molecule has 1 N–H and O–H groups in total. The second-order valence-electron chi connectivity index (χ2n) is 12.2. The predicted molar refractivity (Wildman–Crippen MR) is 182 cm³/mol. The Bertz CT molecular complexity index is 1800. The number of sulfonamides is 1. The SMILES string of the molecule is CC(C)(C)NC(=O)[C@H](Cc1ccccc1)N(Cc1ccc(Cl)cc1)C(=O)CN(c1ccc2c(c1)OCCO2)S(=O)(=O)c1ccccc1. The van der Waals surface area contributed by atoms with Crippen LogP contribution in [0.5, 0.6) is 11.5 Å². The number of benzene rings is 4. The number of nitrogens with one attached hydrogen (secondary N) is 1. The van der Waals surface area contributed by atoms with Crippen molar-refractivity contribution < 1.29 is 27.5 Å². The summed E-state index contributed by atoms with van der Waals surface area (Å²) in [6.07, 6.45) is 0.206. The molecule has 0 radical (unpaired) electrons. The van der Waals surface area contributed by atoms with Crippen LogP contribution in [0.15, 0.2) is 108 Å². The first-order valence-electron chi connectivity index (χ1n) is 15.3. The lowest BCUT2D eigenvalue weighted by atomic mass is 10.0. The van der Waals surface area contributed by atoms with E-state index in [4.69, 9.17) is 21.1 Å². The van der Waals surface area contributed by atoms with E-state index < -0.39 is 34.1 Å². The molecule has 4 aromatic rings. The quantitative estimate of drug-likeness (QED) is 0.214. The van der Waals surface area contributed by atoms with Gasteiger partial charge in [0.25, 0.3) is 10.0 Å². The molecule has 11 heteroatoms. The van der Waals surface area contributed by atoms with E-state index in [1.165, 1.54) is 17.0 Å². The van der Waals surface area contributed by atoms with E-state index in [-0.39, 0.29) is 29.5 Å². The number of fused-ring (bicyclic) bond motifs is 1. The molecular formula is C36H38ClN3O6S. The molecule has 47 heavy (non-hydrogen) atoms. The van der Waals surface area contributed by atoms with Crippen molar-refractivity contribution in [1.29, 1.82) is 0 Å². The van der Waals surface area contributed by atoms with Gasteiger partial charge in [0.2, 0.25) is 11.8 Å². The van der Waals surface area contributed by atoms with Gasteiger partial charge in [-0.2, -0.15) is 0 Å². The van der Waals surface area contributed by atoms with E-state index in [0.717, 1.165) is 15.4 Å². The van der Waals surface area contributed by atoms with Gasteiger partial charge < -0.3 is 19.7 Å². The van der Waals surface area contributed by atoms with Gasteiger partial charge in [0.05, 0.1) is 10.6 Å². The highest BCUT2D eigenvalue weighted by Gasteiger charge is 2.36. The van der Waals surface area contributed by atoms with E-state index in [2.05, 4.69) is 5.32 Å². The Kier molecular flexibility index (Phi) is 10.4. The number of rotatable bonds is 11. The number of hydrogen-bond acceptors (Lipinski definition) is 6. The number of ether oxygens (including phenoxy) is 2. The van der Waals surface area contributed by atoms with E-state index in [1.807, 2.05) is 51.1 Å². The van der Waals surface area contributed by atoms with Crippen molar-refractivity contribution in [1.82, 2.24) is 10.2 Å². The van der Waals surface area contributed by atoms with Gasteiger partial charge in [-0.15, -0.1) is 0 Å². The van der Waals surface area contributed by atoms with E-state index in [9.17, 15) is 18.0 Å². The predicted octanol–water partition coefficient (Wildman–Crippen LogP) is 5.86. The first-order chi connectivity index (χ1) is 22.4. The van der Waals surface area contributed by atoms with Crippen molar-refractivity contribution in [3.05, 3.63) is 119 Å². The molecule has 1 heterocycles. The molecule has 1 atom stereocenters. The number of halogens is 1. The molecule has 4 aromatic carbocycles. The number of carbonyl (C=O) groups excluding carboxylic acids is 2. The largest absolute Gasteiger partial charge is 0.486 e. The Hall–Kier alpha value is -4.54. The Morgan fingerprint density at radius 2 is 1.45 bits per heavy atom. The zero-order valence-corrected chi connectivity index (χ0v) is 28.1. The zero-order valence-electron chi connectivity index (χ0n) is 26.6.